The molecule has 2 atom stereocenters. The maximum atomic E-state index is 10.2. The fourth-order valence-electron chi connectivity index (χ4n) is 3.09. The van der Waals surface area contributed by atoms with E-state index in [-0.39, 0.29) is 6.10 Å². The molecule has 0 aromatic carbocycles. The van der Waals surface area contributed by atoms with Gasteiger partial charge in [0, 0.05) is 12.1 Å². The minimum atomic E-state index is -0.126. The van der Waals surface area contributed by atoms with Crippen molar-refractivity contribution in [2.75, 3.05) is 7.05 Å². The summed E-state index contributed by atoms with van der Waals surface area (Å²) in [4.78, 5) is 2.42. The van der Waals surface area contributed by atoms with E-state index in [1.165, 1.54) is 12.8 Å². The van der Waals surface area contributed by atoms with Gasteiger partial charge >= 0.3 is 0 Å². The third kappa shape index (κ3) is 3.21. The summed E-state index contributed by atoms with van der Waals surface area (Å²) in [7, 11) is 2.19. The SMILES string of the molecule is CCC(CC)N(C)C1CC(C)(C)CCC1O. The van der Waals surface area contributed by atoms with Crippen molar-refractivity contribution in [2.45, 2.75) is 78.0 Å². The van der Waals surface area contributed by atoms with Crippen molar-refractivity contribution in [2.24, 2.45) is 5.41 Å². The molecule has 1 fully saturated rings. The molecule has 0 aliphatic heterocycles. The molecule has 0 bridgehead atoms. The Morgan fingerprint density at radius 3 is 2.38 bits per heavy atom. The van der Waals surface area contributed by atoms with Crippen molar-refractivity contribution >= 4 is 0 Å². The fourth-order valence-corrected chi connectivity index (χ4v) is 3.09. The molecule has 1 N–H and O–H groups in total. The lowest BCUT2D eigenvalue weighted by molar-refractivity contribution is -0.0239. The molecule has 0 saturated heterocycles. The van der Waals surface area contributed by atoms with Crippen LogP contribution in [0.1, 0.15) is 59.8 Å². The summed E-state index contributed by atoms with van der Waals surface area (Å²) in [5.41, 5.74) is 0.393. The number of rotatable bonds is 4. The molecule has 0 amide bonds. The van der Waals surface area contributed by atoms with E-state index in [0.29, 0.717) is 17.5 Å². The van der Waals surface area contributed by atoms with E-state index in [2.05, 4.69) is 39.6 Å². The molecule has 1 aliphatic carbocycles. The van der Waals surface area contributed by atoms with Crippen LogP contribution in [-0.2, 0) is 0 Å². The standard InChI is InChI=1S/C14H29NO/c1-6-11(7-2)15(5)12-10-14(3,4)9-8-13(12)16/h11-13,16H,6-10H2,1-5H3. The smallest absolute Gasteiger partial charge is 0.0695 e. The monoisotopic (exact) mass is 227 g/mol. The van der Waals surface area contributed by atoms with Gasteiger partial charge in [0.05, 0.1) is 6.10 Å². The van der Waals surface area contributed by atoms with Gasteiger partial charge < -0.3 is 5.11 Å². The summed E-state index contributed by atoms with van der Waals surface area (Å²) in [5.74, 6) is 0. The van der Waals surface area contributed by atoms with Crippen LogP contribution in [0.25, 0.3) is 0 Å². The van der Waals surface area contributed by atoms with Gasteiger partial charge in [0.1, 0.15) is 0 Å². The highest BCUT2D eigenvalue weighted by molar-refractivity contribution is 4.91. The Labute approximate surface area is 101 Å². The van der Waals surface area contributed by atoms with Crippen molar-refractivity contribution in [3.63, 3.8) is 0 Å². The van der Waals surface area contributed by atoms with Gasteiger partial charge in [-0.05, 0) is 44.6 Å². The molecule has 0 radical (unpaired) electrons. The molecule has 96 valence electrons. The first-order valence-electron chi connectivity index (χ1n) is 6.81. The zero-order valence-electron chi connectivity index (χ0n) is 11.7. The second-order valence-electron chi connectivity index (χ2n) is 6.18. The van der Waals surface area contributed by atoms with Gasteiger partial charge in [-0.25, -0.2) is 0 Å². The summed E-state index contributed by atoms with van der Waals surface area (Å²) >= 11 is 0. The van der Waals surface area contributed by atoms with Crippen LogP contribution in [0.5, 0.6) is 0 Å². The summed E-state index contributed by atoms with van der Waals surface area (Å²) < 4.78 is 0. The van der Waals surface area contributed by atoms with Crippen LogP contribution in [0, 0.1) is 5.41 Å². The summed E-state index contributed by atoms with van der Waals surface area (Å²) in [5, 5.41) is 10.2. The number of likely N-dealkylation sites (N-methyl/N-ethyl adjacent to an activating group) is 1. The van der Waals surface area contributed by atoms with Crippen molar-refractivity contribution < 1.29 is 5.11 Å². The third-order valence-electron chi connectivity index (χ3n) is 4.36. The maximum absolute atomic E-state index is 10.2. The molecule has 2 unspecified atom stereocenters. The summed E-state index contributed by atoms with van der Waals surface area (Å²) in [6, 6.07) is 0.974. The molecule has 0 aromatic rings. The van der Waals surface area contributed by atoms with Gasteiger partial charge in [-0.15, -0.1) is 0 Å². The molecule has 2 nitrogen and oxygen atoms in total. The molecule has 1 saturated carbocycles. The van der Waals surface area contributed by atoms with Crippen molar-refractivity contribution in [3.8, 4) is 0 Å². The van der Waals surface area contributed by atoms with Gasteiger partial charge in [-0.3, -0.25) is 4.90 Å². The Kier molecular flexibility index (Phi) is 4.81. The first kappa shape index (κ1) is 14.0. The van der Waals surface area contributed by atoms with Gasteiger partial charge in [0.2, 0.25) is 0 Å². The molecule has 0 heterocycles. The quantitative estimate of drug-likeness (QED) is 0.798. The van der Waals surface area contributed by atoms with Crippen LogP contribution in [0.15, 0.2) is 0 Å². The molecule has 1 aliphatic rings. The highest BCUT2D eigenvalue weighted by atomic mass is 16.3. The van der Waals surface area contributed by atoms with Crippen molar-refractivity contribution in [1.29, 1.82) is 0 Å². The number of hydrogen-bond acceptors (Lipinski definition) is 2. The van der Waals surface area contributed by atoms with Crippen LogP contribution in [0.3, 0.4) is 0 Å². The highest BCUT2D eigenvalue weighted by Gasteiger charge is 2.37. The lowest BCUT2D eigenvalue weighted by Crippen LogP contribution is -2.51. The third-order valence-corrected chi connectivity index (χ3v) is 4.36. The lowest BCUT2D eigenvalue weighted by atomic mass is 9.73. The van der Waals surface area contributed by atoms with E-state index < -0.39 is 0 Å². The number of aliphatic hydroxyl groups excluding tert-OH is 1. The minimum absolute atomic E-state index is 0.126. The Morgan fingerprint density at radius 2 is 1.88 bits per heavy atom. The Hall–Kier alpha value is -0.0800. The Morgan fingerprint density at radius 1 is 1.31 bits per heavy atom. The van der Waals surface area contributed by atoms with Gasteiger partial charge in [0.25, 0.3) is 0 Å². The molecule has 0 spiro atoms. The average Bonchev–Trinajstić information content (AvgIpc) is 2.23. The van der Waals surface area contributed by atoms with Crippen LogP contribution < -0.4 is 0 Å². The van der Waals surface area contributed by atoms with Crippen LogP contribution in [-0.4, -0.2) is 35.2 Å². The van der Waals surface area contributed by atoms with Crippen LogP contribution >= 0.6 is 0 Å². The predicted molar refractivity (Wildman–Crippen MR) is 69.6 cm³/mol. The molecule has 0 aromatic heterocycles. The van der Waals surface area contributed by atoms with E-state index >= 15 is 0 Å². The Bertz CT molecular complexity index is 211. The second-order valence-corrected chi connectivity index (χ2v) is 6.18. The number of nitrogens with zero attached hydrogens (tertiary/aromatic N) is 1. The largest absolute Gasteiger partial charge is 0.391 e. The van der Waals surface area contributed by atoms with E-state index in [0.717, 1.165) is 19.3 Å². The van der Waals surface area contributed by atoms with Crippen molar-refractivity contribution in [3.05, 3.63) is 0 Å². The first-order chi connectivity index (χ1) is 7.41. The topological polar surface area (TPSA) is 23.5 Å². The lowest BCUT2D eigenvalue weighted by Gasteiger charge is -2.45. The van der Waals surface area contributed by atoms with E-state index in [9.17, 15) is 5.11 Å². The number of hydrogen-bond donors (Lipinski definition) is 1. The number of aliphatic hydroxyl groups is 1. The van der Waals surface area contributed by atoms with E-state index in [1.807, 2.05) is 0 Å². The first-order valence-corrected chi connectivity index (χ1v) is 6.81. The summed E-state index contributed by atoms with van der Waals surface area (Å²) in [6.45, 7) is 9.13. The van der Waals surface area contributed by atoms with Crippen molar-refractivity contribution in [1.82, 2.24) is 4.90 Å². The fraction of sp³-hybridized carbons (Fsp3) is 1.00. The molecule has 1 rings (SSSR count). The van der Waals surface area contributed by atoms with Crippen LogP contribution in [0.2, 0.25) is 0 Å². The second kappa shape index (κ2) is 5.50. The van der Waals surface area contributed by atoms with E-state index in [4.69, 9.17) is 0 Å². The molecular weight excluding hydrogens is 198 g/mol. The average molecular weight is 227 g/mol. The molecular formula is C14H29NO. The molecule has 16 heavy (non-hydrogen) atoms. The zero-order chi connectivity index (χ0) is 12.3. The van der Waals surface area contributed by atoms with Crippen LogP contribution in [0.4, 0.5) is 0 Å². The van der Waals surface area contributed by atoms with Gasteiger partial charge in [-0.2, -0.15) is 0 Å². The van der Waals surface area contributed by atoms with E-state index in [1.54, 1.807) is 0 Å². The predicted octanol–water partition coefficient (Wildman–Crippen LogP) is 3.05. The molecule has 2 heteroatoms. The zero-order valence-corrected chi connectivity index (χ0v) is 11.7. The summed E-state index contributed by atoms with van der Waals surface area (Å²) in [6.07, 6.45) is 5.47. The van der Waals surface area contributed by atoms with Gasteiger partial charge in [-0.1, -0.05) is 27.7 Å². The minimum Gasteiger partial charge on any atom is -0.391 e. The Balaban J connectivity index is 2.68. The highest BCUT2D eigenvalue weighted by Crippen LogP contribution is 2.38. The normalized spacial score (nSPS) is 30.0. The maximum Gasteiger partial charge on any atom is 0.0695 e. The van der Waals surface area contributed by atoms with Gasteiger partial charge in [0.15, 0.2) is 0 Å².